The number of carbonyl (C=O) groups is 1. The molecule has 26 heavy (non-hydrogen) atoms. The molecule has 0 saturated heterocycles. The number of rotatable bonds is 5. The van der Waals surface area contributed by atoms with E-state index in [9.17, 15) is 14.9 Å². The van der Waals surface area contributed by atoms with Crippen LogP contribution in [0.3, 0.4) is 0 Å². The maximum atomic E-state index is 12.1. The Hall–Kier alpha value is -2.93. The van der Waals surface area contributed by atoms with Crippen molar-refractivity contribution < 1.29 is 14.5 Å². The van der Waals surface area contributed by atoms with E-state index in [0.29, 0.717) is 11.4 Å². The molecule has 7 heteroatoms. The Morgan fingerprint density at radius 2 is 1.85 bits per heavy atom. The number of nitro groups is 1. The molecule has 0 radical (unpaired) electrons. The number of non-ortho nitro benzene ring substituents is 1. The molecule has 0 fully saturated rings. The normalized spacial score (nSPS) is 10.5. The smallest absolute Gasteiger partial charge is 0.271 e. The minimum atomic E-state index is -0.501. The number of aryl methyl sites for hydroxylation is 1. The molecule has 0 unspecified atom stereocenters. The minimum Gasteiger partial charge on any atom is -0.484 e. The van der Waals surface area contributed by atoms with Crippen molar-refractivity contribution in [2.45, 2.75) is 6.92 Å². The lowest BCUT2D eigenvalue weighted by Crippen LogP contribution is -2.20. The summed E-state index contributed by atoms with van der Waals surface area (Å²) in [5.41, 5.74) is 1.06. The zero-order chi connectivity index (χ0) is 18.7. The van der Waals surface area contributed by atoms with Crippen LogP contribution in [0.15, 0.2) is 59.1 Å². The number of nitro benzene ring substituents is 1. The molecule has 0 aliphatic rings. The van der Waals surface area contributed by atoms with E-state index in [1.807, 2.05) is 30.3 Å². The lowest BCUT2D eigenvalue weighted by Gasteiger charge is -2.10. The summed E-state index contributed by atoms with van der Waals surface area (Å²) in [6, 6.07) is 15.8. The van der Waals surface area contributed by atoms with E-state index < -0.39 is 4.92 Å². The van der Waals surface area contributed by atoms with Crippen LogP contribution >= 0.6 is 15.9 Å². The fraction of sp³-hybridized carbons (Fsp3) is 0.105. The molecule has 3 rings (SSSR count). The first kappa shape index (κ1) is 17.9. The van der Waals surface area contributed by atoms with E-state index in [4.69, 9.17) is 4.74 Å². The average molecular weight is 415 g/mol. The first-order valence-electron chi connectivity index (χ1n) is 7.79. The van der Waals surface area contributed by atoms with Gasteiger partial charge in [0.15, 0.2) is 6.61 Å². The second-order valence-electron chi connectivity index (χ2n) is 5.75. The van der Waals surface area contributed by atoms with Gasteiger partial charge in [-0.2, -0.15) is 0 Å². The van der Waals surface area contributed by atoms with E-state index in [1.165, 1.54) is 12.1 Å². The van der Waals surface area contributed by atoms with Crippen molar-refractivity contribution in [2.24, 2.45) is 0 Å². The summed E-state index contributed by atoms with van der Waals surface area (Å²) in [6.07, 6.45) is 0. The van der Waals surface area contributed by atoms with Crippen LogP contribution in [0.5, 0.6) is 5.75 Å². The second-order valence-corrected chi connectivity index (χ2v) is 6.66. The minimum absolute atomic E-state index is 0.0764. The van der Waals surface area contributed by atoms with Gasteiger partial charge in [-0.05, 0) is 47.5 Å². The molecular weight excluding hydrogens is 400 g/mol. The molecule has 0 spiro atoms. The number of fused-ring (bicyclic) bond motifs is 1. The lowest BCUT2D eigenvalue weighted by atomic mass is 10.1. The van der Waals surface area contributed by atoms with Crippen molar-refractivity contribution in [3.05, 3.63) is 74.7 Å². The van der Waals surface area contributed by atoms with Crippen molar-refractivity contribution >= 4 is 44.0 Å². The summed E-state index contributed by atoms with van der Waals surface area (Å²) in [5.74, 6) is 0.190. The molecule has 6 nitrogen and oxygen atoms in total. The van der Waals surface area contributed by atoms with Gasteiger partial charge in [0.05, 0.1) is 10.6 Å². The van der Waals surface area contributed by atoms with Crippen LogP contribution in [0.2, 0.25) is 0 Å². The predicted octanol–water partition coefficient (Wildman–Crippen LogP) is 4.84. The van der Waals surface area contributed by atoms with E-state index in [-0.39, 0.29) is 18.2 Å². The fourth-order valence-corrected chi connectivity index (χ4v) is 2.86. The lowest BCUT2D eigenvalue weighted by molar-refractivity contribution is -0.384. The maximum absolute atomic E-state index is 12.1. The van der Waals surface area contributed by atoms with Crippen LogP contribution in [0, 0.1) is 17.0 Å². The molecule has 132 valence electrons. The highest BCUT2D eigenvalue weighted by Crippen LogP contribution is 2.24. The van der Waals surface area contributed by atoms with Crippen molar-refractivity contribution in [3.63, 3.8) is 0 Å². The number of halogens is 1. The van der Waals surface area contributed by atoms with Gasteiger partial charge in [0.1, 0.15) is 5.75 Å². The Bertz CT molecular complexity index is 1000. The number of hydrogen-bond acceptors (Lipinski definition) is 4. The van der Waals surface area contributed by atoms with Crippen LogP contribution in [0.4, 0.5) is 11.4 Å². The van der Waals surface area contributed by atoms with Gasteiger partial charge in [0, 0.05) is 16.6 Å². The number of hydrogen-bond donors (Lipinski definition) is 1. The zero-order valence-electron chi connectivity index (χ0n) is 13.9. The Balaban J connectivity index is 1.67. The highest BCUT2D eigenvalue weighted by molar-refractivity contribution is 9.10. The molecule has 1 N–H and O–H groups in total. The van der Waals surface area contributed by atoms with E-state index in [1.54, 1.807) is 19.1 Å². The molecular formula is C19H15BrN2O4. The summed E-state index contributed by atoms with van der Waals surface area (Å²) in [7, 11) is 0. The van der Waals surface area contributed by atoms with Crippen LogP contribution < -0.4 is 10.1 Å². The standard InChI is InChI=1S/C19H15BrN2O4/c1-12-2-6-16(22(24)25)10-18(12)21-19(23)11-26-17-7-4-13-8-15(20)5-3-14(13)9-17/h2-10H,11H2,1H3,(H,21,23). The van der Waals surface area contributed by atoms with Crippen molar-refractivity contribution in [3.8, 4) is 5.75 Å². The third-order valence-electron chi connectivity index (χ3n) is 3.85. The Morgan fingerprint density at radius 1 is 1.12 bits per heavy atom. The number of anilines is 1. The van der Waals surface area contributed by atoms with E-state index in [0.717, 1.165) is 20.8 Å². The Kier molecular flexibility index (Phi) is 5.18. The third kappa shape index (κ3) is 4.18. The van der Waals surface area contributed by atoms with Crippen LogP contribution in [0.1, 0.15) is 5.56 Å². The summed E-state index contributed by atoms with van der Waals surface area (Å²) in [4.78, 5) is 22.5. The third-order valence-corrected chi connectivity index (χ3v) is 4.34. The van der Waals surface area contributed by atoms with Gasteiger partial charge in [-0.1, -0.05) is 34.1 Å². The summed E-state index contributed by atoms with van der Waals surface area (Å²) in [5, 5.41) is 15.6. The highest BCUT2D eigenvalue weighted by Gasteiger charge is 2.11. The van der Waals surface area contributed by atoms with Gasteiger partial charge in [0.2, 0.25) is 0 Å². The van der Waals surface area contributed by atoms with E-state index >= 15 is 0 Å². The summed E-state index contributed by atoms with van der Waals surface area (Å²) < 4.78 is 6.53. The number of ether oxygens (including phenoxy) is 1. The Morgan fingerprint density at radius 3 is 2.62 bits per heavy atom. The largest absolute Gasteiger partial charge is 0.484 e. The van der Waals surface area contributed by atoms with Gasteiger partial charge in [-0.3, -0.25) is 14.9 Å². The number of carbonyl (C=O) groups excluding carboxylic acids is 1. The highest BCUT2D eigenvalue weighted by atomic mass is 79.9. The van der Waals surface area contributed by atoms with Crippen molar-refractivity contribution in [2.75, 3.05) is 11.9 Å². The van der Waals surface area contributed by atoms with Crippen molar-refractivity contribution in [1.82, 2.24) is 0 Å². The molecule has 0 bridgehead atoms. The summed E-state index contributed by atoms with van der Waals surface area (Å²) in [6.45, 7) is 1.58. The molecule has 0 saturated carbocycles. The van der Waals surface area contributed by atoms with Gasteiger partial charge >= 0.3 is 0 Å². The first-order valence-corrected chi connectivity index (χ1v) is 8.59. The van der Waals surface area contributed by atoms with Crippen LogP contribution in [-0.4, -0.2) is 17.4 Å². The molecule has 0 aliphatic heterocycles. The monoisotopic (exact) mass is 414 g/mol. The number of benzene rings is 3. The van der Waals surface area contributed by atoms with Crippen molar-refractivity contribution in [1.29, 1.82) is 0 Å². The summed E-state index contributed by atoms with van der Waals surface area (Å²) >= 11 is 3.43. The molecule has 0 aliphatic carbocycles. The Labute approximate surface area is 158 Å². The molecule has 3 aromatic rings. The number of nitrogens with zero attached hydrogens (tertiary/aromatic N) is 1. The average Bonchev–Trinajstić information content (AvgIpc) is 2.61. The quantitative estimate of drug-likeness (QED) is 0.478. The van der Waals surface area contributed by atoms with E-state index in [2.05, 4.69) is 21.2 Å². The predicted molar refractivity (Wildman–Crippen MR) is 104 cm³/mol. The van der Waals surface area contributed by atoms with Gasteiger partial charge < -0.3 is 10.1 Å². The topological polar surface area (TPSA) is 81.5 Å². The zero-order valence-corrected chi connectivity index (χ0v) is 15.4. The first-order chi connectivity index (χ1) is 12.4. The molecule has 1 amide bonds. The molecule has 3 aromatic carbocycles. The SMILES string of the molecule is Cc1ccc([N+](=O)[O-])cc1NC(=O)COc1ccc2cc(Br)ccc2c1. The van der Waals surface area contributed by atoms with Gasteiger partial charge in [-0.25, -0.2) is 0 Å². The van der Waals surface area contributed by atoms with Gasteiger partial charge in [0.25, 0.3) is 11.6 Å². The maximum Gasteiger partial charge on any atom is 0.271 e. The number of amides is 1. The second kappa shape index (κ2) is 7.53. The molecule has 0 atom stereocenters. The molecule has 0 heterocycles. The number of nitrogens with one attached hydrogen (secondary N) is 1. The van der Waals surface area contributed by atoms with Crippen LogP contribution in [-0.2, 0) is 4.79 Å². The van der Waals surface area contributed by atoms with Gasteiger partial charge in [-0.15, -0.1) is 0 Å². The van der Waals surface area contributed by atoms with Crippen LogP contribution in [0.25, 0.3) is 10.8 Å². The molecule has 0 aromatic heterocycles. The fourth-order valence-electron chi connectivity index (χ4n) is 2.48.